The first kappa shape index (κ1) is 12.1. The maximum Gasteiger partial charge on any atom is 0.165 e. The average Bonchev–Trinajstić information content (AvgIpc) is 1.96. The normalized spacial score (nSPS) is 15.8. The van der Waals surface area contributed by atoms with Crippen LogP contribution in [0.5, 0.6) is 0 Å². The molecule has 0 amide bonds. The molecule has 0 bridgehead atoms. The molecule has 0 radical (unpaired) electrons. The zero-order chi connectivity index (χ0) is 9.61. The standard InChI is InChI=1S/C9H23NOSi/c1-5-8(6-7-10)12-11-9(2,3)4/h8H,5-7,10,12H2,1-4H3. The van der Waals surface area contributed by atoms with Crippen LogP contribution in [0.3, 0.4) is 0 Å². The molecule has 1 atom stereocenters. The fourth-order valence-electron chi connectivity index (χ4n) is 1.01. The van der Waals surface area contributed by atoms with E-state index in [2.05, 4.69) is 27.7 Å². The van der Waals surface area contributed by atoms with E-state index in [1.54, 1.807) is 0 Å². The Labute approximate surface area is 78.8 Å². The van der Waals surface area contributed by atoms with E-state index in [-0.39, 0.29) is 15.4 Å². The van der Waals surface area contributed by atoms with E-state index >= 15 is 0 Å². The van der Waals surface area contributed by atoms with Crippen LogP contribution in [0.1, 0.15) is 40.5 Å². The van der Waals surface area contributed by atoms with Crippen LogP contribution in [0.4, 0.5) is 0 Å². The molecule has 2 nitrogen and oxygen atoms in total. The van der Waals surface area contributed by atoms with Gasteiger partial charge in [-0.25, -0.2) is 0 Å². The molecule has 0 heterocycles. The second-order valence-electron chi connectivity index (χ2n) is 4.28. The fraction of sp³-hybridized carbons (Fsp3) is 1.00. The molecular weight excluding hydrogens is 166 g/mol. The molecule has 0 saturated heterocycles. The molecule has 0 aromatic heterocycles. The van der Waals surface area contributed by atoms with Crippen molar-refractivity contribution in [2.24, 2.45) is 5.73 Å². The lowest BCUT2D eigenvalue weighted by Crippen LogP contribution is -2.24. The number of nitrogens with two attached hydrogens (primary N) is 1. The molecule has 0 aromatic carbocycles. The van der Waals surface area contributed by atoms with Gasteiger partial charge in [0.05, 0.1) is 0 Å². The summed E-state index contributed by atoms with van der Waals surface area (Å²) in [6.45, 7) is 9.39. The smallest absolute Gasteiger partial charge is 0.165 e. The Morgan fingerprint density at radius 1 is 1.42 bits per heavy atom. The highest BCUT2D eigenvalue weighted by atomic mass is 28.2. The van der Waals surface area contributed by atoms with Crippen molar-refractivity contribution >= 4 is 9.76 Å². The third-order valence-corrected chi connectivity index (χ3v) is 4.39. The Kier molecular flexibility index (Phi) is 5.79. The minimum atomic E-state index is -0.370. The highest BCUT2D eigenvalue weighted by molar-refractivity contribution is 6.29. The van der Waals surface area contributed by atoms with Gasteiger partial charge in [0, 0.05) is 5.60 Å². The van der Waals surface area contributed by atoms with Gasteiger partial charge in [-0.1, -0.05) is 13.3 Å². The predicted octanol–water partition coefficient (Wildman–Crippen LogP) is 1.43. The van der Waals surface area contributed by atoms with E-state index < -0.39 is 0 Å². The molecule has 0 fully saturated rings. The van der Waals surface area contributed by atoms with Gasteiger partial charge < -0.3 is 10.2 Å². The van der Waals surface area contributed by atoms with Crippen molar-refractivity contribution in [3.05, 3.63) is 0 Å². The minimum Gasteiger partial charge on any atom is -0.419 e. The highest BCUT2D eigenvalue weighted by Gasteiger charge is 2.13. The summed E-state index contributed by atoms with van der Waals surface area (Å²) in [5.41, 5.74) is 6.33. The third-order valence-electron chi connectivity index (χ3n) is 1.90. The maximum absolute atomic E-state index is 5.82. The Bertz CT molecular complexity index is 112. The van der Waals surface area contributed by atoms with Gasteiger partial charge >= 0.3 is 0 Å². The van der Waals surface area contributed by atoms with E-state index in [0.29, 0.717) is 0 Å². The van der Waals surface area contributed by atoms with Crippen molar-refractivity contribution in [1.82, 2.24) is 0 Å². The van der Waals surface area contributed by atoms with Crippen molar-refractivity contribution in [3.8, 4) is 0 Å². The van der Waals surface area contributed by atoms with Crippen LogP contribution in [-0.2, 0) is 4.43 Å². The molecule has 0 aliphatic heterocycles. The van der Waals surface area contributed by atoms with Crippen molar-refractivity contribution in [2.75, 3.05) is 6.54 Å². The van der Waals surface area contributed by atoms with Crippen LogP contribution in [0.15, 0.2) is 0 Å². The van der Waals surface area contributed by atoms with Crippen LogP contribution in [0.25, 0.3) is 0 Å². The second kappa shape index (κ2) is 5.73. The van der Waals surface area contributed by atoms with Gasteiger partial charge in [0.25, 0.3) is 0 Å². The van der Waals surface area contributed by atoms with Crippen molar-refractivity contribution in [1.29, 1.82) is 0 Å². The monoisotopic (exact) mass is 189 g/mol. The minimum absolute atomic E-state index is 0.0498. The van der Waals surface area contributed by atoms with Gasteiger partial charge in [-0.2, -0.15) is 0 Å². The summed E-state index contributed by atoms with van der Waals surface area (Å²) < 4.78 is 5.82. The van der Waals surface area contributed by atoms with Gasteiger partial charge in [-0.15, -0.1) is 0 Å². The molecule has 0 aliphatic carbocycles. The summed E-state index contributed by atoms with van der Waals surface area (Å²) >= 11 is 0. The van der Waals surface area contributed by atoms with Crippen molar-refractivity contribution in [2.45, 2.75) is 51.7 Å². The van der Waals surface area contributed by atoms with E-state index in [1.807, 2.05) is 0 Å². The topological polar surface area (TPSA) is 35.2 Å². The molecule has 0 rings (SSSR count). The number of rotatable bonds is 5. The Hall–Kier alpha value is 0.137. The van der Waals surface area contributed by atoms with E-state index in [1.165, 1.54) is 6.42 Å². The molecule has 0 aliphatic rings. The predicted molar refractivity (Wildman–Crippen MR) is 57.1 cm³/mol. The van der Waals surface area contributed by atoms with E-state index in [0.717, 1.165) is 18.5 Å². The van der Waals surface area contributed by atoms with Gasteiger partial charge in [0.1, 0.15) is 0 Å². The summed E-state index contributed by atoms with van der Waals surface area (Å²) in [5.74, 6) is 0. The number of hydrogen-bond donors (Lipinski definition) is 1. The van der Waals surface area contributed by atoms with Crippen molar-refractivity contribution < 1.29 is 4.43 Å². The second-order valence-corrected chi connectivity index (χ2v) is 6.05. The lowest BCUT2D eigenvalue weighted by molar-refractivity contribution is 0.134. The van der Waals surface area contributed by atoms with Crippen LogP contribution < -0.4 is 5.73 Å². The summed E-state index contributed by atoms with van der Waals surface area (Å²) in [6, 6.07) is 0. The van der Waals surface area contributed by atoms with Crippen LogP contribution in [0, 0.1) is 0 Å². The SMILES string of the molecule is CCC(CCN)[SiH2]OC(C)(C)C. The number of hydrogen-bond acceptors (Lipinski definition) is 2. The third kappa shape index (κ3) is 6.82. The Balaban J connectivity index is 3.58. The van der Waals surface area contributed by atoms with Crippen LogP contribution >= 0.6 is 0 Å². The first-order valence-corrected chi connectivity index (χ1v) is 6.23. The van der Waals surface area contributed by atoms with E-state index in [9.17, 15) is 0 Å². The van der Waals surface area contributed by atoms with Gasteiger partial charge in [0.2, 0.25) is 0 Å². The molecule has 2 N–H and O–H groups in total. The zero-order valence-corrected chi connectivity index (χ0v) is 10.3. The van der Waals surface area contributed by atoms with Gasteiger partial charge in [-0.05, 0) is 39.3 Å². The molecule has 0 aromatic rings. The summed E-state index contributed by atoms with van der Waals surface area (Å²) in [6.07, 6.45) is 2.36. The fourth-order valence-corrected chi connectivity index (χ4v) is 2.38. The first-order chi connectivity index (χ1) is 5.49. The molecule has 3 heteroatoms. The van der Waals surface area contributed by atoms with Crippen LogP contribution in [-0.4, -0.2) is 21.9 Å². The maximum atomic E-state index is 5.82. The van der Waals surface area contributed by atoms with Crippen LogP contribution in [0.2, 0.25) is 5.54 Å². The molecule has 0 saturated carbocycles. The lowest BCUT2D eigenvalue weighted by atomic mass is 10.2. The summed E-state index contributed by atoms with van der Waals surface area (Å²) in [5, 5.41) is 0. The lowest BCUT2D eigenvalue weighted by Gasteiger charge is -2.23. The first-order valence-electron chi connectivity index (χ1n) is 4.83. The van der Waals surface area contributed by atoms with Gasteiger partial charge in [0.15, 0.2) is 9.76 Å². The molecule has 74 valence electrons. The highest BCUT2D eigenvalue weighted by Crippen LogP contribution is 2.16. The quantitative estimate of drug-likeness (QED) is 0.664. The molecule has 1 unspecified atom stereocenters. The van der Waals surface area contributed by atoms with E-state index in [4.69, 9.17) is 10.2 Å². The molecule has 12 heavy (non-hydrogen) atoms. The Morgan fingerprint density at radius 3 is 2.33 bits per heavy atom. The zero-order valence-electron chi connectivity index (χ0n) is 8.89. The summed E-state index contributed by atoms with van der Waals surface area (Å²) in [7, 11) is -0.370. The molecular formula is C9H23NOSi. The molecule has 0 spiro atoms. The Morgan fingerprint density at radius 2 is 2.00 bits per heavy atom. The largest absolute Gasteiger partial charge is 0.419 e. The van der Waals surface area contributed by atoms with Crippen molar-refractivity contribution in [3.63, 3.8) is 0 Å². The average molecular weight is 189 g/mol. The van der Waals surface area contributed by atoms with Gasteiger partial charge in [-0.3, -0.25) is 0 Å². The summed E-state index contributed by atoms with van der Waals surface area (Å²) in [4.78, 5) is 0.